The first-order chi connectivity index (χ1) is 8.00. The van der Waals surface area contributed by atoms with Crippen LogP contribution in [0.5, 0.6) is 5.75 Å². The van der Waals surface area contributed by atoms with Gasteiger partial charge in [-0.25, -0.2) is 0 Å². The first-order valence-corrected chi connectivity index (χ1v) is 5.76. The van der Waals surface area contributed by atoms with Crippen LogP contribution in [0.25, 0.3) is 0 Å². The topological polar surface area (TPSA) is 72.5 Å². The lowest BCUT2D eigenvalue weighted by atomic mass is 10.2. The molecule has 0 aliphatic carbocycles. The Hall–Kier alpha value is -1.26. The second kappa shape index (κ2) is 6.47. The van der Waals surface area contributed by atoms with Crippen molar-refractivity contribution >= 4 is 17.6 Å². The summed E-state index contributed by atoms with van der Waals surface area (Å²) in [7, 11) is 0. The average molecular weight is 258 g/mol. The monoisotopic (exact) mass is 257 g/mol. The largest absolute Gasteiger partial charge is 0.494 e. The predicted molar refractivity (Wildman–Crippen MR) is 66.5 cm³/mol. The number of halogens is 1. The van der Waals surface area contributed by atoms with Crippen LogP contribution in [0.4, 0.5) is 0 Å². The van der Waals surface area contributed by atoms with Crippen LogP contribution >= 0.6 is 11.6 Å². The normalized spacial score (nSPS) is 12.2. The molecule has 0 radical (unpaired) electrons. The van der Waals surface area contributed by atoms with E-state index in [-0.39, 0.29) is 0 Å². The number of benzene rings is 1. The van der Waals surface area contributed by atoms with Gasteiger partial charge >= 0.3 is 5.97 Å². The van der Waals surface area contributed by atoms with Crippen molar-refractivity contribution in [1.82, 2.24) is 0 Å². The highest BCUT2D eigenvalue weighted by Gasteiger charge is 2.10. The summed E-state index contributed by atoms with van der Waals surface area (Å²) in [5.74, 6) is -0.247. The van der Waals surface area contributed by atoms with E-state index < -0.39 is 12.0 Å². The maximum Gasteiger partial charge on any atom is 0.320 e. The number of nitrogens with two attached hydrogens (primary N) is 1. The molecular formula is C12H16ClNO3. The van der Waals surface area contributed by atoms with Gasteiger partial charge in [0.15, 0.2) is 0 Å². The SMILES string of the molecule is Cc1cc(OCCCC(N)C(=O)O)ccc1Cl. The van der Waals surface area contributed by atoms with Crippen molar-refractivity contribution in [3.8, 4) is 5.75 Å². The van der Waals surface area contributed by atoms with Gasteiger partial charge in [-0.3, -0.25) is 4.79 Å². The maximum atomic E-state index is 10.5. The van der Waals surface area contributed by atoms with E-state index >= 15 is 0 Å². The molecule has 0 heterocycles. The molecule has 1 aromatic rings. The summed E-state index contributed by atoms with van der Waals surface area (Å²) in [4.78, 5) is 10.5. The van der Waals surface area contributed by atoms with Crippen LogP contribution in [0.15, 0.2) is 18.2 Å². The van der Waals surface area contributed by atoms with Crippen molar-refractivity contribution < 1.29 is 14.6 Å². The van der Waals surface area contributed by atoms with E-state index in [1.165, 1.54) is 0 Å². The fraction of sp³-hybridized carbons (Fsp3) is 0.417. The van der Waals surface area contributed by atoms with Gasteiger partial charge in [-0.05, 0) is 43.5 Å². The average Bonchev–Trinajstić information content (AvgIpc) is 2.28. The van der Waals surface area contributed by atoms with E-state index in [0.717, 1.165) is 11.3 Å². The van der Waals surface area contributed by atoms with Crippen LogP contribution in [-0.4, -0.2) is 23.7 Å². The minimum absolute atomic E-state index is 0.405. The number of ether oxygens (including phenoxy) is 1. The third kappa shape index (κ3) is 4.63. The van der Waals surface area contributed by atoms with Crippen LogP contribution in [-0.2, 0) is 4.79 Å². The summed E-state index contributed by atoms with van der Waals surface area (Å²) in [6, 6.07) is 4.59. The lowest BCUT2D eigenvalue weighted by Crippen LogP contribution is -2.30. The molecule has 1 unspecified atom stereocenters. The Morgan fingerprint density at radius 1 is 1.59 bits per heavy atom. The van der Waals surface area contributed by atoms with Crippen LogP contribution in [0, 0.1) is 6.92 Å². The molecule has 0 bridgehead atoms. The highest BCUT2D eigenvalue weighted by molar-refractivity contribution is 6.31. The molecule has 1 atom stereocenters. The zero-order valence-electron chi connectivity index (χ0n) is 9.65. The molecule has 0 aromatic heterocycles. The summed E-state index contributed by atoms with van der Waals surface area (Å²) in [5.41, 5.74) is 6.32. The number of hydrogen-bond donors (Lipinski definition) is 2. The van der Waals surface area contributed by atoms with Gasteiger partial charge in [0.2, 0.25) is 0 Å². The minimum Gasteiger partial charge on any atom is -0.494 e. The second-order valence-electron chi connectivity index (χ2n) is 3.85. The zero-order chi connectivity index (χ0) is 12.8. The van der Waals surface area contributed by atoms with E-state index in [4.69, 9.17) is 27.2 Å². The molecule has 1 rings (SSSR count). The molecule has 4 nitrogen and oxygen atoms in total. The Morgan fingerprint density at radius 2 is 2.29 bits per heavy atom. The van der Waals surface area contributed by atoms with Crippen molar-refractivity contribution in [2.24, 2.45) is 5.73 Å². The summed E-state index contributed by atoms with van der Waals surface area (Å²) >= 11 is 5.88. The third-order valence-corrected chi connectivity index (χ3v) is 2.80. The van der Waals surface area contributed by atoms with Crippen molar-refractivity contribution in [3.05, 3.63) is 28.8 Å². The standard InChI is InChI=1S/C12H16ClNO3/c1-8-7-9(4-5-10(8)13)17-6-2-3-11(14)12(15)16/h4-5,7,11H,2-3,6,14H2,1H3,(H,15,16). The molecule has 5 heteroatoms. The van der Waals surface area contributed by atoms with Crippen LogP contribution in [0.1, 0.15) is 18.4 Å². The predicted octanol–water partition coefficient (Wildman–Crippen LogP) is 2.22. The number of rotatable bonds is 6. The summed E-state index contributed by atoms with van der Waals surface area (Å²) in [6.07, 6.45) is 1.01. The first kappa shape index (κ1) is 13.8. The summed E-state index contributed by atoms with van der Waals surface area (Å²) in [5, 5.41) is 9.28. The van der Waals surface area contributed by atoms with E-state index in [0.29, 0.717) is 24.5 Å². The molecule has 1 aromatic carbocycles. The van der Waals surface area contributed by atoms with Gasteiger partial charge in [0, 0.05) is 5.02 Å². The number of hydrogen-bond acceptors (Lipinski definition) is 3. The molecule has 0 amide bonds. The Labute approximate surface area is 105 Å². The number of carboxylic acids is 1. The molecule has 17 heavy (non-hydrogen) atoms. The quantitative estimate of drug-likeness (QED) is 0.767. The maximum absolute atomic E-state index is 10.5. The number of carboxylic acid groups (broad SMARTS) is 1. The van der Waals surface area contributed by atoms with Gasteiger partial charge in [0.25, 0.3) is 0 Å². The van der Waals surface area contributed by atoms with Gasteiger partial charge in [-0.2, -0.15) is 0 Å². The fourth-order valence-corrected chi connectivity index (χ4v) is 1.44. The first-order valence-electron chi connectivity index (χ1n) is 5.38. The molecule has 0 aliphatic heterocycles. The number of aryl methyl sites for hydroxylation is 1. The molecule has 0 aliphatic rings. The molecular weight excluding hydrogens is 242 g/mol. The molecule has 0 saturated carbocycles. The van der Waals surface area contributed by atoms with Crippen LogP contribution < -0.4 is 10.5 Å². The molecule has 0 fully saturated rings. The van der Waals surface area contributed by atoms with Crippen molar-refractivity contribution in [1.29, 1.82) is 0 Å². The molecule has 0 spiro atoms. The van der Waals surface area contributed by atoms with Gasteiger partial charge in [0.1, 0.15) is 11.8 Å². The van der Waals surface area contributed by atoms with E-state index in [2.05, 4.69) is 0 Å². The minimum atomic E-state index is -0.979. The Kier molecular flexibility index (Phi) is 5.25. The number of carbonyl (C=O) groups is 1. The number of aliphatic carboxylic acids is 1. The third-order valence-electron chi connectivity index (χ3n) is 2.37. The van der Waals surface area contributed by atoms with Crippen LogP contribution in [0.2, 0.25) is 5.02 Å². The van der Waals surface area contributed by atoms with Crippen molar-refractivity contribution in [2.45, 2.75) is 25.8 Å². The molecule has 0 saturated heterocycles. The fourth-order valence-electron chi connectivity index (χ4n) is 1.32. The summed E-state index contributed by atoms with van der Waals surface area (Å²) < 4.78 is 5.46. The highest BCUT2D eigenvalue weighted by atomic mass is 35.5. The van der Waals surface area contributed by atoms with Gasteiger partial charge < -0.3 is 15.6 Å². The smallest absolute Gasteiger partial charge is 0.320 e. The van der Waals surface area contributed by atoms with E-state index in [1.54, 1.807) is 12.1 Å². The van der Waals surface area contributed by atoms with E-state index in [1.807, 2.05) is 13.0 Å². The Bertz CT molecular complexity index is 395. The molecule has 94 valence electrons. The van der Waals surface area contributed by atoms with E-state index in [9.17, 15) is 4.79 Å². The lowest BCUT2D eigenvalue weighted by Gasteiger charge is -2.09. The van der Waals surface area contributed by atoms with Gasteiger partial charge in [-0.1, -0.05) is 11.6 Å². The summed E-state index contributed by atoms with van der Waals surface area (Å²) in [6.45, 7) is 2.34. The zero-order valence-corrected chi connectivity index (χ0v) is 10.4. The van der Waals surface area contributed by atoms with Crippen LogP contribution in [0.3, 0.4) is 0 Å². The Balaban J connectivity index is 2.31. The Morgan fingerprint density at radius 3 is 2.88 bits per heavy atom. The van der Waals surface area contributed by atoms with Crippen molar-refractivity contribution in [2.75, 3.05) is 6.61 Å². The van der Waals surface area contributed by atoms with Gasteiger partial charge in [0.05, 0.1) is 6.61 Å². The molecule has 3 N–H and O–H groups in total. The van der Waals surface area contributed by atoms with Gasteiger partial charge in [-0.15, -0.1) is 0 Å². The second-order valence-corrected chi connectivity index (χ2v) is 4.25. The highest BCUT2D eigenvalue weighted by Crippen LogP contribution is 2.21. The van der Waals surface area contributed by atoms with Crippen molar-refractivity contribution in [3.63, 3.8) is 0 Å². The lowest BCUT2D eigenvalue weighted by molar-refractivity contribution is -0.138.